The van der Waals surface area contributed by atoms with Gasteiger partial charge in [0.25, 0.3) is 0 Å². The van der Waals surface area contributed by atoms with Crippen LogP contribution in [-0.2, 0) is 16.4 Å². The molecule has 0 aromatic heterocycles. The van der Waals surface area contributed by atoms with Crippen LogP contribution in [0.4, 0.5) is 0 Å². The lowest BCUT2D eigenvalue weighted by Crippen LogP contribution is -2.43. The van der Waals surface area contributed by atoms with Crippen LogP contribution in [-0.4, -0.2) is 39.5 Å². The van der Waals surface area contributed by atoms with Gasteiger partial charge in [-0.05, 0) is 61.6 Å². The van der Waals surface area contributed by atoms with Crippen LogP contribution in [0.25, 0.3) is 0 Å². The van der Waals surface area contributed by atoms with E-state index in [1.807, 2.05) is 24.3 Å². The lowest BCUT2D eigenvalue weighted by molar-refractivity contribution is 0.240. The minimum Gasteiger partial charge on any atom is -0.497 e. The second-order valence-electron chi connectivity index (χ2n) is 6.79. The van der Waals surface area contributed by atoms with Gasteiger partial charge in [0.15, 0.2) is 0 Å². The monoisotopic (exact) mass is 405 g/mol. The summed E-state index contributed by atoms with van der Waals surface area (Å²) in [6, 6.07) is 14.6. The standard InChI is InChI=1S/C21H27NO4S.CH4/c1-25-19-12-14-20(15-13-19)27(23,24)22-16-6-5-8-18(22)11-10-17-7-3-4-9-21(17)26-2;/h3-4,7,9,12-15,18H,5-6,8,10-11,16H2,1-2H3;1H4. The summed E-state index contributed by atoms with van der Waals surface area (Å²) in [4.78, 5) is 0.326. The van der Waals surface area contributed by atoms with Crippen molar-refractivity contribution in [3.63, 3.8) is 0 Å². The van der Waals surface area contributed by atoms with Crippen LogP contribution in [0.2, 0.25) is 0 Å². The number of sulfonamides is 1. The fraction of sp³-hybridized carbons (Fsp3) is 0.455. The zero-order valence-electron chi connectivity index (χ0n) is 15.9. The summed E-state index contributed by atoms with van der Waals surface area (Å²) >= 11 is 0. The van der Waals surface area contributed by atoms with Crippen LogP contribution in [0.3, 0.4) is 0 Å². The zero-order chi connectivity index (χ0) is 19.3. The van der Waals surface area contributed by atoms with Crippen molar-refractivity contribution >= 4 is 10.0 Å². The number of aryl methyl sites for hydroxylation is 1. The number of methoxy groups -OCH3 is 2. The Kier molecular flexibility index (Phi) is 7.89. The SMILES string of the molecule is C.COc1ccc(S(=O)(=O)N2CCCCC2CCc2ccccc2OC)cc1. The molecule has 0 N–H and O–H groups in total. The molecular weight excluding hydrogens is 374 g/mol. The van der Waals surface area contributed by atoms with Crippen molar-refractivity contribution in [2.24, 2.45) is 0 Å². The van der Waals surface area contributed by atoms with Gasteiger partial charge in [-0.1, -0.05) is 32.0 Å². The number of piperidine rings is 1. The Bertz CT molecular complexity index is 849. The molecule has 0 amide bonds. The summed E-state index contributed by atoms with van der Waals surface area (Å²) in [5, 5.41) is 0. The Balaban J connectivity index is 0.00000280. The van der Waals surface area contributed by atoms with E-state index in [2.05, 4.69) is 0 Å². The maximum absolute atomic E-state index is 13.2. The molecule has 1 heterocycles. The van der Waals surface area contributed by atoms with Crippen molar-refractivity contribution in [3.05, 3.63) is 54.1 Å². The van der Waals surface area contributed by atoms with Crippen molar-refractivity contribution in [3.8, 4) is 11.5 Å². The molecule has 1 saturated heterocycles. The van der Waals surface area contributed by atoms with Gasteiger partial charge in [0, 0.05) is 12.6 Å². The lowest BCUT2D eigenvalue weighted by Gasteiger charge is -2.35. The third-order valence-corrected chi connectivity index (χ3v) is 7.14. The third-order valence-electron chi connectivity index (χ3n) is 5.18. The summed E-state index contributed by atoms with van der Waals surface area (Å²) in [5.41, 5.74) is 1.12. The molecular formula is C22H31NO4S. The predicted molar refractivity (Wildman–Crippen MR) is 113 cm³/mol. The predicted octanol–water partition coefficient (Wildman–Crippen LogP) is 4.52. The Morgan fingerprint density at radius 2 is 1.71 bits per heavy atom. The number of para-hydroxylation sites is 1. The number of hydrogen-bond donors (Lipinski definition) is 0. The summed E-state index contributed by atoms with van der Waals surface area (Å²) < 4.78 is 38.6. The number of ether oxygens (including phenoxy) is 2. The third kappa shape index (κ3) is 4.86. The average molecular weight is 406 g/mol. The fourth-order valence-electron chi connectivity index (χ4n) is 3.69. The van der Waals surface area contributed by atoms with Gasteiger partial charge in [0.2, 0.25) is 10.0 Å². The first-order valence-electron chi connectivity index (χ1n) is 9.34. The highest BCUT2D eigenvalue weighted by Crippen LogP contribution is 2.30. The summed E-state index contributed by atoms with van der Waals surface area (Å²) in [6.45, 7) is 0.574. The molecule has 0 spiro atoms. The van der Waals surface area contributed by atoms with E-state index in [4.69, 9.17) is 9.47 Å². The molecule has 2 aromatic rings. The van der Waals surface area contributed by atoms with Crippen molar-refractivity contribution in [1.82, 2.24) is 4.31 Å². The first-order valence-corrected chi connectivity index (χ1v) is 10.8. The van der Waals surface area contributed by atoms with Crippen molar-refractivity contribution in [2.45, 2.75) is 50.5 Å². The van der Waals surface area contributed by atoms with Crippen molar-refractivity contribution in [2.75, 3.05) is 20.8 Å². The van der Waals surface area contributed by atoms with Crippen molar-refractivity contribution < 1.29 is 17.9 Å². The van der Waals surface area contributed by atoms with Gasteiger partial charge in [-0.2, -0.15) is 4.31 Å². The molecule has 28 heavy (non-hydrogen) atoms. The molecule has 0 aliphatic carbocycles. The largest absolute Gasteiger partial charge is 0.497 e. The summed E-state index contributed by atoms with van der Waals surface area (Å²) in [6.07, 6.45) is 4.44. The topological polar surface area (TPSA) is 55.8 Å². The smallest absolute Gasteiger partial charge is 0.243 e. The van der Waals surface area contributed by atoms with E-state index in [9.17, 15) is 8.42 Å². The highest BCUT2D eigenvalue weighted by Gasteiger charge is 2.33. The molecule has 0 radical (unpaired) electrons. The number of hydrogen-bond acceptors (Lipinski definition) is 4. The second kappa shape index (κ2) is 9.94. The van der Waals surface area contributed by atoms with E-state index in [0.29, 0.717) is 17.2 Å². The quantitative estimate of drug-likeness (QED) is 0.680. The van der Waals surface area contributed by atoms with Gasteiger partial charge in [-0.25, -0.2) is 8.42 Å². The van der Waals surface area contributed by atoms with Crippen LogP contribution in [0.5, 0.6) is 11.5 Å². The molecule has 154 valence electrons. The van der Waals surface area contributed by atoms with Gasteiger partial charge < -0.3 is 9.47 Å². The lowest BCUT2D eigenvalue weighted by atomic mass is 9.97. The van der Waals surface area contributed by atoms with E-state index >= 15 is 0 Å². The molecule has 2 aromatic carbocycles. The maximum Gasteiger partial charge on any atom is 0.243 e. The van der Waals surface area contributed by atoms with Crippen LogP contribution in [0, 0.1) is 0 Å². The van der Waals surface area contributed by atoms with E-state index in [1.165, 1.54) is 0 Å². The average Bonchev–Trinajstić information content (AvgIpc) is 2.72. The molecule has 3 rings (SSSR count). The summed E-state index contributed by atoms with van der Waals surface area (Å²) in [7, 11) is -0.272. The van der Waals surface area contributed by atoms with E-state index in [-0.39, 0.29) is 13.5 Å². The number of nitrogens with zero attached hydrogens (tertiary/aromatic N) is 1. The van der Waals surface area contributed by atoms with Crippen molar-refractivity contribution in [1.29, 1.82) is 0 Å². The Morgan fingerprint density at radius 3 is 2.39 bits per heavy atom. The molecule has 1 atom stereocenters. The van der Waals surface area contributed by atoms with E-state index < -0.39 is 10.0 Å². The second-order valence-corrected chi connectivity index (χ2v) is 8.68. The Morgan fingerprint density at radius 1 is 1.00 bits per heavy atom. The van der Waals surface area contributed by atoms with Crippen LogP contribution < -0.4 is 9.47 Å². The molecule has 0 saturated carbocycles. The molecule has 0 bridgehead atoms. The first kappa shape index (κ1) is 22.2. The van der Waals surface area contributed by atoms with E-state index in [1.54, 1.807) is 42.8 Å². The van der Waals surface area contributed by atoms with E-state index in [0.717, 1.165) is 43.4 Å². The Labute approximate surface area is 169 Å². The highest BCUT2D eigenvalue weighted by atomic mass is 32.2. The number of rotatable bonds is 7. The maximum atomic E-state index is 13.2. The Hall–Kier alpha value is -2.05. The molecule has 5 nitrogen and oxygen atoms in total. The minimum absolute atomic E-state index is 0. The van der Waals surface area contributed by atoms with Gasteiger partial charge in [0.1, 0.15) is 11.5 Å². The van der Waals surface area contributed by atoms with Crippen LogP contribution >= 0.6 is 0 Å². The van der Waals surface area contributed by atoms with Crippen LogP contribution in [0.15, 0.2) is 53.4 Å². The fourth-order valence-corrected chi connectivity index (χ4v) is 5.42. The minimum atomic E-state index is -3.51. The normalized spacial score (nSPS) is 17.6. The van der Waals surface area contributed by atoms with Gasteiger partial charge in [-0.15, -0.1) is 0 Å². The van der Waals surface area contributed by atoms with Crippen LogP contribution in [0.1, 0.15) is 38.7 Å². The summed E-state index contributed by atoms with van der Waals surface area (Å²) in [5.74, 6) is 1.51. The zero-order valence-corrected chi connectivity index (χ0v) is 16.7. The van der Waals surface area contributed by atoms with Gasteiger partial charge in [0.05, 0.1) is 19.1 Å². The molecule has 1 fully saturated rings. The molecule has 1 unspecified atom stereocenters. The van der Waals surface area contributed by atoms with Gasteiger partial charge in [-0.3, -0.25) is 0 Å². The number of benzene rings is 2. The molecule has 1 aliphatic heterocycles. The molecule has 1 aliphatic rings. The highest BCUT2D eigenvalue weighted by molar-refractivity contribution is 7.89. The molecule has 6 heteroatoms. The van der Waals surface area contributed by atoms with Gasteiger partial charge >= 0.3 is 0 Å². The first-order chi connectivity index (χ1) is 13.1.